The molecule has 0 atom stereocenters. The number of carbonyl (C=O) groups is 1. The first-order chi connectivity index (χ1) is 10.8. The number of rotatable bonds is 4. The Morgan fingerprint density at radius 3 is 2.68 bits per heavy atom. The van der Waals surface area contributed by atoms with Crippen LogP contribution in [0.4, 0.5) is 0 Å². The van der Waals surface area contributed by atoms with Gasteiger partial charge in [0, 0.05) is 11.8 Å². The normalized spacial score (nSPS) is 10.4. The van der Waals surface area contributed by atoms with E-state index in [1.54, 1.807) is 40.6 Å². The fourth-order valence-corrected chi connectivity index (χ4v) is 1.99. The zero-order chi connectivity index (χ0) is 15.4. The van der Waals surface area contributed by atoms with Gasteiger partial charge in [0.1, 0.15) is 5.69 Å². The summed E-state index contributed by atoms with van der Waals surface area (Å²) in [6, 6.07) is 12.3. The molecule has 8 nitrogen and oxygen atoms in total. The Bertz CT molecular complexity index is 770. The first kappa shape index (κ1) is 13.8. The van der Waals surface area contributed by atoms with Crippen LogP contribution in [-0.2, 0) is 6.54 Å². The lowest BCUT2D eigenvalue weighted by molar-refractivity contribution is 0.0706. The summed E-state index contributed by atoms with van der Waals surface area (Å²) in [5, 5.41) is 20.2. The lowest BCUT2D eigenvalue weighted by Crippen LogP contribution is -2.18. The van der Waals surface area contributed by atoms with E-state index in [-0.39, 0.29) is 0 Å². The Morgan fingerprint density at radius 1 is 1.18 bits per heavy atom. The molecule has 22 heavy (non-hydrogen) atoms. The van der Waals surface area contributed by atoms with Crippen molar-refractivity contribution in [1.82, 2.24) is 30.7 Å². The first-order valence-electron chi connectivity index (χ1n) is 6.49. The predicted molar refractivity (Wildman–Crippen MR) is 75.8 cm³/mol. The summed E-state index contributed by atoms with van der Waals surface area (Å²) in [7, 11) is 0. The van der Waals surface area contributed by atoms with Crippen molar-refractivity contribution in [2.24, 2.45) is 0 Å². The maximum absolute atomic E-state index is 11.3. The van der Waals surface area contributed by atoms with Gasteiger partial charge in [-0.15, -0.1) is 5.10 Å². The molecule has 0 saturated carbocycles. The number of tetrazole rings is 1. The highest BCUT2D eigenvalue weighted by atomic mass is 16.5. The molecule has 0 aliphatic rings. The van der Waals surface area contributed by atoms with Crippen LogP contribution in [0.3, 0.4) is 0 Å². The van der Waals surface area contributed by atoms with Gasteiger partial charge in [-0.25, -0.2) is 10.2 Å². The fourth-order valence-electron chi connectivity index (χ4n) is 1.99. The molecule has 0 saturated heterocycles. The SMILES string of the molecule is O=C(NO)c1ccc(Cn2nnnc2-c2ccccn2)cc1. The van der Waals surface area contributed by atoms with Crippen LogP contribution < -0.4 is 5.48 Å². The van der Waals surface area contributed by atoms with Crippen molar-refractivity contribution in [3.8, 4) is 11.5 Å². The fraction of sp³-hybridized carbons (Fsp3) is 0.0714. The molecule has 2 heterocycles. The van der Waals surface area contributed by atoms with E-state index in [0.717, 1.165) is 5.56 Å². The van der Waals surface area contributed by atoms with E-state index in [1.165, 1.54) is 0 Å². The van der Waals surface area contributed by atoms with Crippen LogP contribution in [0.15, 0.2) is 48.7 Å². The minimum absolute atomic E-state index is 0.368. The molecule has 0 radical (unpaired) electrons. The summed E-state index contributed by atoms with van der Waals surface area (Å²) in [6.07, 6.45) is 1.68. The molecule has 2 aromatic heterocycles. The largest absolute Gasteiger partial charge is 0.288 e. The van der Waals surface area contributed by atoms with E-state index in [2.05, 4.69) is 20.5 Å². The van der Waals surface area contributed by atoms with Gasteiger partial charge in [0.25, 0.3) is 5.91 Å². The molecule has 3 aromatic rings. The molecule has 0 aliphatic heterocycles. The van der Waals surface area contributed by atoms with Gasteiger partial charge in [-0.3, -0.25) is 15.0 Å². The summed E-state index contributed by atoms with van der Waals surface area (Å²) in [5.41, 5.74) is 3.56. The molecular formula is C14H12N6O2. The van der Waals surface area contributed by atoms with E-state index in [4.69, 9.17) is 5.21 Å². The third kappa shape index (κ3) is 2.81. The van der Waals surface area contributed by atoms with Crippen LogP contribution in [-0.4, -0.2) is 36.3 Å². The first-order valence-corrected chi connectivity index (χ1v) is 6.49. The molecule has 110 valence electrons. The Balaban J connectivity index is 1.83. The van der Waals surface area contributed by atoms with Crippen molar-refractivity contribution in [1.29, 1.82) is 0 Å². The Kier molecular flexibility index (Phi) is 3.84. The smallest absolute Gasteiger partial charge is 0.274 e. The van der Waals surface area contributed by atoms with E-state index in [0.29, 0.717) is 23.6 Å². The molecular weight excluding hydrogens is 284 g/mol. The number of amides is 1. The van der Waals surface area contributed by atoms with Gasteiger partial charge in [-0.2, -0.15) is 0 Å². The number of carbonyl (C=O) groups excluding carboxylic acids is 1. The van der Waals surface area contributed by atoms with Crippen molar-refractivity contribution in [2.45, 2.75) is 6.54 Å². The lowest BCUT2D eigenvalue weighted by Gasteiger charge is -2.05. The molecule has 8 heteroatoms. The number of hydrogen-bond donors (Lipinski definition) is 2. The predicted octanol–water partition coefficient (Wildman–Crippen LogP) is 0.902. The average Bonchev–Trinajstić information content (AvgIpc) is 3.04. The third-order valence-electron chi connectivity index (χ3n) is 3.08. The number of pyridine rings is 1. The molecule has 0 unspecified atom stereocenters. The highest BCUT2D eigenvalue weighted by Gasteiger charge is 2.10. The quantitative estimate of drug-likeness (QED) is 0.547. The second-order valence-corrected chi connectivity index (χ2v) is 4.51. The van der Waals surface area contributed by atoms with Crippen LogP contribution in [0, 0.1) is 0 Å². The highest BCUT2D eigenvalue weighted by molar-refractivity contribution is 5.93. The van der Waals surface area contributed by atoms with Crippen molar-refractivity contribution >= 4 is 5.91 Å². The molecule has 0 spiro atoms. The van der Waals surface area contributed by atoms with Gasteiger partial charge in [-0.1, -0.05) is 18.2 Å². The van der Waals surface area contributed by atoms with E-state index < -0.39 is 5.91 Å². The minimum Gasteiger partial charge on any atom is -0.288 e. The van der Waals surface area contributed by atoms with Gasteiger partial charge < -0.3 is 0 Å². The molecule has 0 fully saturated rings. The van der Waals surface area contributed by atoms with Crippen LogP contribution in [0.2, 0.25) is 0 Å². The molecule has 3 rings (SSSR count). The number of hydrogen-bond acceptors (Lipinski definition) is 6. The minimum atomic E-state index is -0.553. The molecule has 0 aliphatic carbocycles. The van der Waals surface area contributed by atoms with Crippen LogP contribution in [0.1, 0.15) is 15.9 Å². The molecule has 0 bridgehead atoms. The van der Waals surface area contributed by atoms with E-state index in [9.17, 15) is 4.79 Å². The highest BCUT2D eigenvalue weighted by Crippen LogP contribution is 2.13. The van der Waals surface area contributed by atoms with Gasteiger partial charge in [0.2, 0.25) is 5.82 Å². The van der Waals surface area contributed by atoms with Crippen LogP contribution >= 0.6 is 0 Å². The maximum atomic E-state index is 11.3. The number of hydroxylamine groups is 1. The zero-order valence-electron chi connectivity index (χ0n) is 11.4. The van der Waals surface area contributed by atoms with Gasteiger partial charge in [0.15, 0.2) is 0 Å². The zero-order valence-corrected chi connectivity index (χ0v) is 11.4. The lowest BCUT2D eigenvalue weighted by atomic mass is 10.1. The summed E-state index contributed by atoms with van der Waals surface area (Å²) >= 11 is 0. The van der Waals surface area contributed by atoms with Crippen molar-refractivity contribution in [3.63, 3.8) is 0 Å². The monoisotopic (exact) mass is 296 g/mol. The third-order valence-corrected chi connectivity index (χ3v) is 3.08. The van der Waals surface area contributed by atoms with Crippen LogP contribution in [0.5, 0.6) is 0 Å². The topological polar surface area (TPSA) is 106 Å². The number of aromatic nitrogens is 5. The Labute approximate surface area is 125 Å². The van der Waals surface area contributed by atoms with Crippen molar-refractivity contribution in [3.05, 3.63) is 59.8 Å². The van der Waals surface area contributed by atoms with Crippen LogP contribution in [0.25, 0.3) is 11.5 Å². The second kappa shape index (κ2) is 6.10. The maximum Gasteiger partial charge on any atom is 0.274 e. The van der Waals surface area contributed by atoms with Gasteiger partial charge in [0.05, 0.1) is 6.54 Å². The number of benzene rings is 1. The summed E-state index contributed by atoms with van der Waals surface area (Å²) in [4.78, 5) is 15.5. The van der Waals surface area contributed by atoms with Crippen molar-refractivity contribution in [2.75, 3.05) is 0 Å². The van der Waals surface area contributed by atoms with Gasteiger partial charge in [-0.05, 0) is 40.3 Å². The summed E-state index contributed by atoms with van der Waals surface area (Å²) in [6.45, 7) is 0.444. The van der Waals surface area contributed by atoms with Crippen molar-refractivity contribution < 1.29 is 10.0 Å². The van der Waals surface area contributed by atoms with E-state index in [1.807, 2.05) is 18.2 Å². The van der Waals surface area contributed by atoms with Gasteiger partial charge >= 0.3 is 0 Å². The van der Waals surface area contributed by atoms with E-state index >= 15 is 0 Å². The number of nitrogens with zero attached hydrogens (tertiary/aromatic N) is 5. The summed E-state index contributed by atoms with van der Waals surface area (Å²) < 4.78 is 1.63. The molecule has 1 amide bonds. The number of nitrogens with one attached hydrogen (secondary N) is 1. The summed E-state index contributed by atoms with van der Waals surface area (Å²) in [5.74, 6) is 0.0147. The second-order valence-electron chi connectivity index (χ2n) is 4.51. The average molecular weight is 296 g/mol. The standard InChI is InChI=1S/C14H12N6O2/c21-14(17-22)11-6-4-10(5-7-11)9-20-13(16-18-19-20)12-3-1-2-8-15-12/h1-8,22H,9H2,(H,17,21). The molecule has 2 N–H and O–H groups in total. The Morgan fingerprint density at radius 2 is 2.00 bits per heavy atom. The Hall–Kier alpha value is -3.13. The molecule has 1 aromatic carbocycles.